The zero-order valence-corrected chi connectivity index (χ0v) is 23.2. The minimum Gasteiger partial charge on any atom is -0.453 e. The first-order chi connectivity index (χ1) is 17.4. The van der Waals surface area contributed by atoms with Gasteiger partial charge in [-0.1, -0.05) is 6.92 Å². The predicted octanol–water partition coefficient (Wildman–Crippen LogP) is 0.897. The monoisotopic (exact) mass is 554 g/mol. The van der Waals surface area contributed by atoms with Crippen LogP contribution in [0.2, 0.25) is 0 Å². The lowest BCUT2D eigenvalue weighted by Crippen LogP contribution is -2.77. The van der Waals surface area contributed by atoms with Crippen LogP contribution in [-0.4, -0.2) is 88.5 Å². The molecule has 5 rings (SSSR count). The number of rotatable bonds is 2. The molecule has 0 aromatic rings. The van der Waals surface area contributed by atoms with Crippen molar-refractivity contribution in [3.05, 3.63) is 23.3 Å². The fourth-order valence-electron chi connectivity index (χ4n) is 9.07. The van der Waals surface area contributed by atoms with Crippen molar-refractivity contribution in [3.8, 4) is 0 Å². The lowest BCUT2D eigenvalue weighted by molar-refractivity contribution is -0.299. The Hall–Kier alpha value is -1.33. The van der Waals surface area contributed by atoms with Gasteiger partial charge in [-0.25, -0.2) is 4.79 Å². The Morgan fingerprint density at radius 2 is 1.68 bits per heavy atom. The van der Waals surface area contributed by atoms with Crippen molar-refractivity contribution >= 4 is 23.4 Å². The summed E-state index contributed by atoms with van der Waals surface area (Å²) in [6.07, 6.45) is -1.18. The minimum atomic E-state index is -2.16. The van der Waals surface area contributed by atoms with Gasteiger partial charge in [-0.2, -0.15) is 0 Å². The number of esters is 1. The fourth-order valence-corrected chi connectivity index (χ4v) is 9.62. The number of alkyl halides is 1. The topological polar surface area (TPSA) is 165 Å². The summed E-state index contributed by atoms with van der Waals surface area (Å²) < 4.78 is 5.46. The van der Waals surface area contributed by atoms with Gasteiger partial charge in [-0.3, -0.25) is 4.79 Å². The molecule has 3 saturated carbocycles. The molecule has 0 unspecified atom stereocenters. The molecule has 0 radical (unpaired) electrons. The van der Waals surface area contributed by atoms with Gasteiger partial charge >= 0.3 is 5.97 Å². The SMILES string of the molecule is CC1=C(C)[C@@H](O)[C@H]([C@](C)(O)[C@]2(O)CC[C@@]3(O)[C@@H]4C[C@H](Cl)[C@]5(O)[C@@H](O)C=CC(=O)[C@]5(C)[C@H]4CC[C@]23C)OC1=O. The standard InChI is InChI=1S/C28H39ClO9/c1-13-14(2)22(33)38-21(20(13)32)25(5,34)27(36)11-10-26(35)16-12-17(29)28(37)19(31)7-6-18(30)24(28,4)15(16)8-9-23(26,27)3/h6-7,15-17,19-21,31-32,34-37H,8-12H2,1-5H3/t15-,16+,17-,19-,20+,21+,23-,24-,25-,26+,27-,28-/m0/s1. The Bertz CT molecular complexity index is 1150. The summed E-state index contributed by atoms with van der Waals surface area (Å²) in [5.41, 5.74) is -9.98. The molecule has 6 N–H and O–H groups in total. The van der Waals surface area contributed by atoms with Crippen molar-refractivity contribution in [2.24, 2.45) is 22.7 Å². The quantitative estimate of drug-likeness (QED) is 0.215. The first-order valence-electron chi connectivity index (χ1n) is 13.4. The molecule has 10 heteroatoms. The second kappa shape index (κ2) is 8.12. The van der Waals surface area contributed by atoms with Crippen molar-refractivity contribution in [2.75, 3.05) is 0 Å². The molecule has 9 nitrogen and oxygen atoms in total. The Kier molecular flexibility index (Phi) is 6.03. The number of hydrogen-bond acceptors (Lipinski definition) is 9. The number of fused-ring (bicyclic) bond motifs is 5. The van der Waals surface area contributed by atoms with Gasteiger partial charge in [0.05, 0.1) is 16.4 Å². The van der Waals surface area contributed by atoms with E-state index in [0.29, 0.717) is 12.0 Å². The van der Waals surface area contributed by atoms with Crippen LogP contribution in [0, 0.1) is 22.7 Å². The lowest BCUT2D eigenvalue weighted by Gasteiger charge is -2.67. The van der Waals surface area contributed by atoms with Crippen LogP contribution in [0.25, 0.3) is 0 Å². The Balaban J connectivity index is 1.58. The maximum absolute atomic E-state index is 13.3. The summed E-state index contributed by atoms with van der Waals surface area (Å²) in [6, 6.07) is 0. The van der Waals surface area contributed by atoms with Crippen LogP contribution in [-0.2, 0) is 14.3 Å². The highest BCUT2D eigenvalue weighted by Crippen LogP contribution is 2.71. The highest BCUT2D eigenvalue weighted by atomic mass is 35.5. The van der Waals surface area contributed by atoms with E-state index in [1.54, 1.807) is 20.8 Å². The number of allylic oxidation sites excluding steroid dienone is 1. The van der Waals surface area contributed by atoms with Gasteiger partial charge in [0.2, 0.25) is 0 Å². The molecule has 0 aromatic carbocycles. The van der Waals surface area contributed by atoms with E-state index in [2.05, 4.69) is 0 Å². The normalized spacial score (nSPS) is 54.1. The first-order valence-corrected chi connectivity index (χ1v) is 13.8. The van der Waals surface area contributed by atoms with E-state index in [-0.39, 0.29) is 37.0 Å². The number of hydrogen-bond donors (Lipinski definition) is 6. The lowest BCUT2D eigenvalue weighted by atomic mass is 9.41. The third-order valence-electron chi connectivity index (χ3n) is 11.9. The molecule has 0 aromatic heterocycles. The summed E-state index contributed by atoms with van der Waals surface area (Å²) in [5, 5.41) is 69.0. The second-order valence-corrected chi connectivity index (χ2v) is 13.5. The smallest absolute Gasteiger partial charge is 0.334 e. The van der Waals surface area contributed by atoms with E-state index in [9.17, 15) is 40.2 Å². The molecule has 38 heavy (non-hydrogen) atoms. The Morgan fingerprint density at radius 1 is 1.05 bits per heavy atom. The van der Waals surface area contributed by atoms with E-state index >= 15 is 0 Å². The molecular weight excluding hydrogens is 516 g/mol. The molecule has 0 spiro atoms. The molecule has 4 aliphatic carbocycles. The molecular formula is C28H39ClO9. The predicted molar refractivity (Wildman–Crippen MR) is 136 cm³/mol. The second-order valence-electron chi connectivity index (χ2n) is 13.0. The highest BCUT2D eigenvalue weighted by Gasteiger charge is 2.79. The molecule has 1 heterocycles. The molecule has 0 bridgehead atoms. The zero-order valence-electron chi connectivity index (χ0n) is 22.4. The van der Waals surface area contributed by atoms with E-state index in [0.717, 1.165) is 0 Å². The number of carbonyl (C=O) groups excluding carboxylic acids is 2. The highest BCUT2D eigenvalue weighted by molar-refractivity contribution is 6.22. The summed E-state index contributed by atoms with van der Waals surface area (Å²) in [5.74, 6) is -2.29. The van der Waals surface area contributed by atoms with Crippen LogP contribution in [0.15, 0.2) is 23.3 Å². The minimum absolute atomic E-state index is 0.0482. The maximum Gasteiger partial charge on any atom is 0.334 e. The van der Waals surface area contributed by atoms with Crippen LogP contribution in [0.3, 0.4) is 0 Å². The molecule has 1 aliphatic heterocycles. The van der Waals surface area contributed by atoms with Crippen LogP contribution < -0.4 is 0 Å². The summed E-state index contributed by atoms with van der Waals surface area (Å²) in [7, 11) is 0. The van der Waals surface area contributed by atoms with Crippen LogP contribution >= 0.6 is 11.6 Å². The van der Waals surface area contributed by atoms with E-state index < -0.39 is 74.7 Å². The number of aliphatic hydroxyl groups excluding tert-OH is 2. The van der Waals surface area contributed by atoms with Crippen LogP contribution in [0.5, 0.6) is 0 Å². The number of ether oxygens (including phenoxy) is 1. The van der Waals surface area contributed by atoms with Gasteiger partial charge in [-0.05, 0) is 89.4 Å². The summed E-state index contributed by atoms with van der Waals surface area (Å²) in [4.78, 5) is 25.8. The molecule has 3 fully saturated rings. The summed E-state index contributed by atoms with van der Waals surface area (Å²) in [6.45, 7) is 7.68. The van der Waals surface area contributed by atoms with Gasteiger partial charge in [-0.15, -0.1) is 11.6 Å². The van der Waals surface area contributed by atoms with E-state index in [1.807, 2.05) is 0 Å². The number of cyclic esters (lactones) is 1. The number of aliphatic hydroxyl groups is 6. The van der Waals surface area contributed by atoms with Crippen molar-refractivity contribution in [1.29, 1.82) is 0 Å². The van der Waals surface area contributed by atoms with Crippen molar-refractivity contribution < 1.29 is 45.0 Å². The zero-order chi connectivity index (χ0) is 28.4. The summed E-state index contributed by atoms with van der Waals surface area (Å²) >= 11 is 6.73. The van der Waals surface area contributed by atoms with Crippen molar-refractivity contribution in [3.63, 3.8) is 0 Å². The average Bonchev–Trinajstić information content (AvgIpc) is 3.08. The van der Waals surface area contributed by atoms with Crippen LogP contribution in [0.1, 0.15) is 66.7 Å². The number of ketones is 1. The molecule has 5 aliphatic rings. The molecule has 0 amide bonds. The van der Waals surface area contributed by atoms with Crippen LogP contribution in [0.4, 0.5) is 0 Å². The Morgan fingerprint density at radius 3 is 2.32 bits per heavy atom. The molecule has 0 saturated heterocycles. The maximum atomic E-state index is 13.3. The number of halogens is 1. The van der Waals surface area contributed by atoms with Crippen molar-refractivity contribution in [1.82, 2.24) is 0 Å². The largest absolute Gasteiger partial charge is 0.453 e. The fraction of sp³-hybridized carbons (Fsp3) is 0.786. The third kappa shape index (κ3) is 2.89. The molecule has 12 atom stereocenters. The number of carbonyl (C=O) groups is 2. The molecule has 212 valence electrons. The third-order valence-corrected chi connectivity index (χ3v) is 12.5. The van der Waals surface area contributed by atoms with E-state index in [1.165, 1.54) is 26.0 Å². The van der Waals surface area contributed by atoms with Gasteiger partial charge in [0.15, 0.2) is 11.9 Å². The van der Waals surface area contributed by atoms with Gasteiger partial charge in [0.1, 0.15) is 29.0 Å². The van der Waals surface area contributed by atoms with Gasteiger partial charge in [0.25, 0.3) is 0 Å². The van der Waals surface area contributed by atoms with E-state index in [4.69, 9.17) is 16.3 Å². The van der Waals surface area contributed by atoms with Gasteiger partial charge < -0.3 is 35.4 Å². The van der Waals surface area contributed by atoms with Crippen molar-refractivity contribution in [2.45, 2.75) is 113 Å². The van der Waals surface area contributed by atoms with Gasteiger partial charge in [0, 0.05) is 11.0 Å². The first kappa shape index (κ1) is 28.2. The average molecular weight is 555 g/mol. The Labute approximate surface area is 227 Å².